The van der Waals surface area contributed by atoms with Crippen molar-refractivity contribution in [2.75, 3.05) is 0 Å². The van der Waals surface area contributed by atoms with Crippen LogP contribution in [-0.2, 0) is 0 Å². The topological polar surface area (TPSA) is 20.2 Å². The molecule has 1 nitrogen and oxygen atoms in total. The number of benzene rings is 2. The zero-order chi connectivity index (χ0) is 11.2. The quantitative estimate of drug-likeness (QED) is 0.764. The number of rotatable bonds is 0. The van der Waals surface area contributed by atoms with Gasteiger partial charge in [-0.2, -0.15) is 0 Å². The molecule has 3 heteroatoms. The molecule has 15 heavy (non-hydrogen) atoms. The maximum absolute atomic E-state index is 13.7. The summed E-state index contributed by atoms with van der Waals surface area (Å²) >= 11 is 3.43. The summed E-state index contributed by atoms with van der Waals surface area (Å²) in [7, 11) is 0. The maximum atomic E-state index is 13.7. The van der Waals surface area contributed by atoms with Crippen LogP contribution in [0.1, 0.15) is 11.1 Å². The number of phenolic OH excluding ortho intramolecular Hbond substituents is 1. The molecule has 0 saturated heterocycles. The third kappa shape index (κ3) is 1.51. The van der Waals surface area contributed by atoms with E-state index in [1.807, 2.05) is 19.9 Å². The van der Waals surface area contributed by atoms with Gasteiger partial charge in [-0.1, -0.05) is 22.0 Å². The molecule has 2 aromatic rings. The van der Waals surface area contributed by atoms with Gasteiger partial charge in [0, 0.05) is 9.86 Å². The second-order valence-corrected chi connectivity index (χ2v) is 4.46. The molecule has 0 heterocycles. The van der Waals surface area contributed by atoms with Crippen LogP contribution in [0.3, 0.4) is 0 Å². The van der Waals surface area contributed by atoms with Gasteiger partial charge in [0.15, 0.2) is 11.6 Å². The Morgan fingerprint density at radius 3 is 2.53 bits per heavy atom. The summed E-state index contributed by atoms with van der Waals surface area (Å²) in [5.41, 5.74) is 1.85. The van der Waals surface area contributed by atoms with Crippen molar-refractivity contribution in [3.63, 3.8) is 0 Å². The molecule has 0 amide bonds. The van der Waals surface area contributed by atoms with Gasteiger partial charge in [0.25, 0.3) is 0 Å². The van der Waals surface area contributed by atoms with E-state index in [1.165, 1.54) is 6.07 Å². The summed E-state index contributed by atoms with van der Waals surface area (Å²) in [6, 6.07) is 4.95. The van der Waals surface area contributed by atoms with Crippen molar-refractivity contribution in [2.45, 2.75) is 13.8 Å². The monoisotopic (exact) mass is 268 g/mol. The first-order valence-electron chi connectivity index (χ1n) is 4.59. The molecule has 0 saturated carbocycles. The maximum Gasteiger partial charge on any atom is 0.172 e. The standard InChI is InChI=1S/C12H10BrFO/c1-6-7(2)11-8(5-9(6)13)3-4-10(15)12(11)14/h3-5,15H,1-2H3. The minimum absolute atomic E-state index is 0.299. The summed E-state index contributed by atoms with van der Waals surface area (Å²) in [5.74, 6) is -0.840. The predicted octanol–water partition coefficient (Wildman–Crippen LogP) is 4.06. The lowest BCUT2D eigenvalue weighted by molar-refractivity contribution is 0.436. The number of phenols is 1. The molecular weight excluding hydrogens is 259 g/mol. The van der Waals surface area contributed by atoms with Crippen LogP contribution in [0.4, 0.5) is 4.39 Å². The lowest BCUT2D eigenvalue weighted by atomic mass is 10.0. The van der Waals surface area contributed by atoms with Crippen molar-refractivity contribution in [3.05, 3.63) is 39.6 Å². The summed E-state index contributed by atoms with van der Waals surface area (Å²) in [6.07, 6.45) is 0. The van der Waals surface area contributed by atoms with Crippen LogP contribution in [0.2, 0.25) is 0 Å². The Kier molecular flexibility index (Phi) is 2.43. The van der Waals surface area contributed by atoms with Crippen LogP contribution in [-0.4, -0.2) is 5.11 Å². The van der Waals surface area contributed by atoms with Gasteiger partial charge >= 0.3 is 0 Å². The zero-order valence-electron chi connectivity index (χ0n) is 8.44. The highest BCUT2D eigenvalue weighted by Crippen LogP contribution is 2.33. The summed E-state index contributed by atoms with van der Waals surface area (Å²) in [4.78, 5) is 0. The first-order valence-corrected chi connectivity index (χ1v) is 5.38. The normalized spacial score (nSPS) is 10.9. The average Bonchev–Trinajstić information content (AvgIpc) is 2.20. The first kappa shape index (κ1) is 10.4. The fraction of sp³-hybridized carbons (Fsp3) is 0.167. The minimum Gasteiger partial charge on any atom is -0.505 e. The van der Waals surface area contributed by atoms with Gasteiger partial charge in [0.1, 0.15) is 0 Å². The SMILES string of the molecule is Cc1c(Br)cc2ccc(O)c(F)c2c1C. The van der Waals surface area contributed by atoms with Gasteiger partial charge in [-0.05, 0) is 42.5 Å². The molecule has 0 aliphatic heterocycles. The number of fused-ring (bicyclic) bond motifs is 1. The van der Waals surface area contributed by atoms with E-state index in [0.29, 0.717) is 5.39 Å². The molecule has 0 bridgehead atoms. The van der Waals surface area contributed by atoms with Gasteiger partial charge in [-0.25, -0.2) is 4.39 Å². The van der Waals surface area contributed by atoms with E-state index in [4.69, 9.17) is 0 Å². The number of hydrogen-bond donors (Lipinski definition) is 1. The van der Waals surface area contributed by atoms with E-state index in [1.54, 1.807) is 6.07 Å². The fourth-order valence-electron chi connectivity index (χ4n) is 1.69. The van der Waals surface area contributed by atoms with Gasteiger partial charge in [0.05, 0.1) is 0 Å². The van der Waals surface area contributed by atoms with Gasteiger partial charge in [0.2, 0.25) is 0 Å². The van der Waals surface area contributed by atoms with Crippen molar-refractivity contribution in [1.29, 1.82) is 0 Å². The third-order valence-corrected chi connectivity index (χ3v) is 3.56. The van der Waals surface area contributed by atoms with Crippen LogP contribution in [0.25, 0.3) is 10.8 Å². The molecule has 1 N–H and O–H groups in total. The highest BCUT2D eigenvalue weighted by molar-refractivity contribution is 9.10. The zero-order valence-corrected chi connectivity index (χ0v) is 10.0. The molecule has 0 radical (unpaired) electrons. The predicted molar refractivity (Wildman–Crippen MR) is 62.7 cm³/mol. The van der Waals surface area contributed by atoms with Crippen molar-refractivity contribution in [3.8, 4) is 5.75 Å². The Hall–Kier alpha value is -1.09. The molecule has 2 rings (SSSR count). The third-order valence-electron chi connectivity index (χ3n) is 2.73. The summed E-state index contributed by atoms with van der Waals surface area (Å²) in [6.45, 7) is 3.77. The minimum atomic E-state index is -0.541. The second-order valence-electron chi connectivity index (χ2n) is 3.61. The Bertz CT molecular complexity index is 549. The summed E-state index contributed by atoms with van der Waals surface area (Å²) in [5, 5.41) is 10.6. The lowest BCUT2D eigenvalue weighted by Crippen LogP contribution is -1.90. The second kappa shape index (κ2) is 3.49. The Morgan fingerprint density at radius 1 is 1.20 bits per heavy atom. The van der Waals surface area contributed by atoms with Gasteiger partial charge in [-0.3, -0.25) is 0 Å². The van der Waals surface area contributed by atoms with Crippen LogP contribution >= 0.6 is 15.9 Å². The fourth-order valence-corrected chi connectivity index (χ4v) is 2.24. The molecule has 0 aliphatic rings. The number of aryl methyl sites for hydroxylation is 1. The molecule has 2 aromatic carbocycles. The van der Waals surface area contributed by atoms with E-state index >= 15 is 0 Å². The van der Waals surface area contributed by atoms with E-state index < -0.39 is 5.82 Å². The molecule has 0 spiro atoms. The molecule has 0 aliphatic carbocycles. The van der Waals surface area contributed by atoms with Crippen LogP contribution in [0.5, 0.6) is 5.75 Å². The summed E-state index contributed by atoms with van der Waals surface area (Å²) < 4.78 is 14.7. The van der Waals surface area contributed by atoms with Crippen LogP contribution in [0, 0.1) is 19.7 Å². The van der Waals surface area contributed by atoms with E-state index in [2.05, 4.69) is 15.9 Å². The van der Waals surface area contributed by atoms with Gasteiger partial charge in [-0.15, -0.1) is 0 Å². The Labute approximate surface area is 95.7 Å². The van der Waals surface area contributed by atoms with Gasteiger partial charge < -0.3 is 5.11 Å². The number of aromatic hydroxyl groups is 1. The van der Waals surface area contributed by atoms with E-state index in [9.17, 15) is 9.50 Å². The molecule has 0 fully saturated rings. The van der Waals surface area contributed by atoms with Crippen molar-refractivity contribution in [2.24, 2.45) is 0 Å². The molecular formula is C12H10BrFO. The largest absolute Gasteiger partial charge is 0.505 e. The smallest absolute Gasteiger partial charge is 0.172 e. The Balaban J connectivity index is 3.00. The number of hydrogen-bond acceptors (Lipinski definition) is 1. The van der Waals surface area contributed by atoms with Crippen LogP contribution in [0.15, 0.2) is 22.7 Å². The van der Waals surface area contributed by atoms with E-state index in [-0.39, 0.29) is 5.75 Å². The van der Waals surface area contributed by atoms with Crippen LogP contribution < -0.4 is 0 Å². The van der Waals surface area contributed by atoms with Crippen molar-refractivity contribution >= 4 is 26.7 Å². The Morgan fingerprint density at radius 2 is 1.87 bits per heavy atom. The van der Waals surface area contributed by atoms with E-state index in [0.717, 1.165) is 21.0 Å². The number of halogens is 2. The molecule has 78 valence electrons. The first-order chi connectivity index (χ1) is 7.02. The van der Waals surface area contributed by atoms with Crippen molar-refractivity contribution in [1.82, 2.24) is 0 Å². The molecule has 0 aromatic heterocycles. The molecule has 0 unspecified atom stereocenters. The molecule has 0 atom stereocenters. The van der Waals surface area contributed by atoms with Crippen molar-refractivity contribution < 1.29 is 9.50 Å². The lowest BCUT2D eigenvalue weighted by Gasteiger charge is -2.09. The highest BCUT2D eigenvalue weighted by Gasteiger charge is 2.11. The average molecular weight is 269 g/mol. The highest BCUT2D eigenvalue weighted by atomic mass is 79.9.